The normalized spacial score (nSPS) is 11.7. The van der Waals surface area contributed by atoms with Crippen molar-refractivity contribution >= 4 is 32.6 Å². The molecule has 0 spiro atoms. The summed E-state index contributed by atoms with van der Waals surface area (Å²) in [5.41, 5.74) is 1.53. The Morgan fingerprint density at radius 1 is 1.17 bits per heavy atom. The Morgan fingerprint density at radius 3 is 2.53 bits per heavy atom. The number of fused-ring (bicyclic) bond motifs is 1. The number of hydrogen-bond donors (Lipinski definition) is 1. The Balaban J connectivity index is 1.95. The zero-order valence-corrected chi connectivity index (χ0v) is 18.3. The molecule has 0 bridgehead atoms. The van der Waals surface area contributed by atoms with Crippen LogP contribution in [0.15, 0.2) is 45.7 Å². The van der Waals surface area contributed by atoms with Gasteiger partial charge in [0.1, 0.15) is 22.0 Å². The summed E-state index contributed by atoms with van der Waals surface area (Å²) >= 11 is 0. The number of rotatable bonds is 7. The highest BCUT2D eigenvalue weighted by Crippen LogP contribution is 2.31. The largest absolute Gasteiger partial charge is 0.495 e. The number of benzene rings is 2. The summed E-state index contributed by atoms with van der Waals surface area (Å²) < 4.78 is 42.6. The van der Waals surface area contributed by atoms with Crippen molar-refractivity contribution < 1.29 is 27.1 Å². The smallest absolute Gasteiger partial charge is 0.291 e. The van der Waals surface area contributed by atoms with Crippen molar-refractivity contribution in [3.05, 3.63) is 47.7 Å². The number of carbonyl (C=O) groups is 1. The van der Waals surface area contributed by atoms with Gasteiger partial charge < -0.3 is 19.2 Å². The van der Waals surface area contributed by atoms with E-state index in [0.29, 0.717) is 29.2 Å². The maximum atomic E-state index is 12.8. The predicted octanol–water partition coefficient (Wildman–Crippen LogP) is 3.65. The van der Waals surface area contributed by atoms with E-state index >= 15 is 0 Å². The Hall–Kier alpha value is -3.04. The number of nitrogens with zero attached hydrogens (tertiary/aromatic N) is 1. The van der Waals surface area contributed by atoms with Crippen molar-refractivity contribution in [1.82, 2.24) is 4.31 Å². The first-order valence-corrected chi connectivity index (χ1v) is 10.7. The second-order valence-corrected chi connectivity index (χ2v) is 8.87. The van der Waals surface area contributed by atoms with E-state index in [4.69, 9.17) is 13.9 Å². The molecule has 0 fully saturated rings. The first-order valence-electron chi connectivity index (χ1n) is 9.27. The van der Waals surface area contributed by atoms with Crippen LogP contribution in [0.5, 0.6) is 11.5 Å². The van der Waals surface area contributed by atoms with E-state index in [9.17, 15) is 13.2 Å². The summed E-state index contributed by atoms with van der Waals surface area (Å²) in [6, 6.07) is 9.76. The van der Waals surface area contributed by atoms with Crippen LogP contribution in [0.25, 0.3) is 11.0 Å². The Morgan fingerprint density at radius 2 is 1.90 bits per heavy atom. The van der Waals surface area contributed by atoms with Crippen molar-refractivity contribution in [2.75, 3.05) is 33.1 Å². The molecule has 1 amide bonds. The number of sulfonamides is 1. The molecule has 8 nitrogen and oxygen atoms in total. The molecule has 2 aromatic carbocycles. The molecule has 0 atom stereocenters. The Labute approximate surface area is 175 Å². The van der Waals surface area contributed by atoms with Gasteiger partial charge in [-0.2, -0.15) is 0 Å². The van der Waals surface area contributed by atoms with Crippen LogP contribution >= 0.6 is 0 Å². The average molecular weight is 432 g/mol. The number of furan rings is 1. The third-order valence-corrected chi connectivity index (χ3v) is 6.44. The second kappa shape index (κ2) is 8.37. The maximum absolute atomic E-state index is 12.8. The number of amides is 1. The van der Waals surface area contributed by atoms with E-state index < -0.39 is 15.9 Å². The lowest BCUT2D eigenvalue weighted by Gasteiger charge is -2.15. The molecule has 1 N–H and O–H groups in total. The van der Waals surface area contributed by atoms with Gasteiger partial charge in [0, 0.05) is 30.7 Å². The van der Waals surface area contributed by atoms with E-state index in [1.165, 1.54) is 33.3 Å². The van der Waals surface area contributed by atoms with Crippen LogP contribution in [0.1, 0.15) is 23.0 Å². The molecule has 0 aliphatic rings. The summed E-state index contributed by atoms with van der Waals surface area (Å²) in [6.07, 6.45) is 0. The number of methoxy groups -OCH3 is 1. The van der Waals surface area contributed by atoms with Crippen LogP contribution in [-0.2, 0) is 10.0 Å². The van der Waals surface area contributed by atoms with Crippen LogP contribution in [-0.4, -0.2) is 46.4 Å². The standard InChI is InChI=1S/C21H24N2O6S/c1-6-28-15-8-10-17-16(12-15)13(2)20(29-17)21(24)22-14-7-9-18(27-5)19(11-14)30(25,26)23(3)4/h7-12H,6H2,1-5H3,(H,22,24). The van der Waals surface area contributed by atoms with Gasteiger partial charge in [0.25, 0.3) is 5.91 Å². The summed E-state index contributed by atoms with van der Waals surface area (Å²) in [4.78, 5) is 12.8. The molecule has 3 aromatic rings. The number of anilines is 1. The summed E-state index contributed by atoms with van der Waals surface area (Å²) in [5.74, 6) is 0.533. The Kier molecular flexibility index (Phi) is 6.04. The highest BCUT2D eigenvalue weighted by Gasteiger charge is 2.24. The minimum absolute atomic E-state index is 0.0458. The molecule has 0 aliphatic carbocycles. The number of hydrogen-bond acceptors (Lipinski definition) is 6. The van der Waals surface area contributed by atoms with Gasteiger partial charge in [0.05, 0.1) is 13.7 Å². The van der Waals surface area contributed by atoms with E-state index in [0.717, 1.165) is 9.69 Å². The summed E-state index contributed by atoms with van der Waals surface area (Å²) in [5, 5.41) is 3.47. The van der Waals surface area contributed by atoms with Gasteiger partial charge >= 0.3 is 0 Å². The van der Waals surface area contributed by atoms with E-state index in [1.54, 1.807) is 25.1 Å². The monoisotopic (exact) mass is 432 g/mol. The highest BCUT2D eigenvalue weighted by atomic mass is 32.2. The predicted molar refractivity (Wildman–Crippen MR) is 114 cm³/mol. The maximum Gasteiger partial charge on any atom is 0.291 e. The fourth-order valence-corrected chi connectivity index (χ4v) is 4.09. The van der Waals surface area contributed by atoms with Gasteiger partial charge in [-0.25, -0.2) is 12.7 Å². The fourth-order valence-electron chi connectivity index (χ4n) is 3.01. The Bertz CT molecular complexity index is 1200. The van der Waals surface area contributed by atoms with Crippen LogP contribution in [0, 0.1) is 6.92 Å². The van der Waals surface area contributed by atoms with Crippen molar-refractivity contribution in [2.45, 2.75) is 18.7 Å². The van der Waals surface area contributed by atoms with Crippen LogP contribution in [0.4, 0.5) is 5.69 Å². The van der Waals surface area contributed by atoms with E-state index in [-0.39, 0.29) is 16.4 Å². The minimum Gasteiger partial charge on any atom is -0.495 e. The number of nitrogens with one attached hydrogen (secondary N) is 1. The van der Waals surface area contributed by atoms with Crippen molar-refractivity contribution in [2.24, 2.45) is 0 Å². The van der Waals surface area contributed by atoms with Gasteiger partial charge in [0.15, 0.2) is 5.76 Å². The highest BCUT2D eigenvalue weighted by molar-refractivity contribution is 7.89. The average Bonchev–Trinajstić information content (AvgIpc) is 3.04. The molecule has 1 aromatic heterocycles. The van der Waals surface area contributed by atoms with Crippen molar-refractivity contribution in [3.63, 3.8) is 0 Å². The fraction of sp³-hybridized carbons (Fsp3) is 0.286. The molecule has 30 heavy (non-hydrogen) atoms. The zero-order valence-electron chi connectivity index (χ0n) is 17.5. The van der Waals surface area contributed by atoms with Gasteiger partial charge in [-0.05, 0) is 50.2 Å². The lowest BCUT2D eigenvalue weighted by Crippen LogP contribution is -2.23. The van der Waals surface area contributed by atoms with Crippen LogP contribution < -0.4 is 14.8 Å². The first-order chi connectivity index (χ1) is 14.2. The van der Waals surface area contributed by atoms with E-state index in [1.807, 2.05) is 13.0 Å². The molecule has 0 radical (unpaired) electrons. The third-order valence-electron chi connectivity index (χ3n) is 4.60. The van der Waals surface area contributed by atoms with E-state index in [2.05, 4.69) is 5.32 Å². The molecule has 0 unspecified atom stereocenters. The molecule has 160 valence electrons. The number of ether oxygens (including phenoxy) is 2. The summed E-state index contributed by atoms with van der Waals surface area (Å²) in [7, 11) is 0.473. The molecular weight excluding hydrogens is 408 g/mol. The summed E-state index contributed by atoms with van der Waals surface area (Å²) in [6.45, 7) is 4.21. The van der Waals surface area contributed by atoms with Gasteiger partial charge in [-0.1, -0.05) is 0 Å². The van der Waals surface area contributed by atoms with Gasteiger partial charge in [-0.15, -0.1) is 0 Å². The first kappa shape index (κ1) is 21.7. The second-order valence-electron chi connectivity index (χ2n) is 6.75. The van der Waals surface area contributed by atoms with Crippen LogP contribution in [0.3, 0.4) is 0 Å². The third kappa shape index (κ3) is 3.99. The molecule has 3 rings (SSSR count). The molecule has 1 heterocycles. The van der Waals surface area contributed by atoms with Gasteiger partial charge in [-0.3, -0.25) is 4.79 Å². The van der Waals surface area contributed by atoms with Gasteiger partial charge in [0.2, 0.25) is 10.0 Å². The van der Waals surface area contributed by atoms with Crippen molar-refractivity contribution in [1.29, 1.82) is 0 Å². The van der Waals surface area contributed by atoms with Crippen molar-refractivity contribution in [3.8, 4) is 11.5 Å². The molecule has 9 heteroatoms. The number of carbonyl (C=O) groups excluding carboxylic acids is 1. The van der Waals surface area contributed by atoms with Crippen LogP contribution in [0.2, 0.25) is 0 Å². The topological polar surface area (TPSA) is 98.1 Å². The molecular formula is C21H24N2O6S. The number of aryl methyl sites for hydroxylation is 1. The molecule has 0 saturated heterocycles. The molecule has 0 aliphatic heterocycles. The lowest BCUT2D eigenvalue weighted by molar-refractivity contribution is 0.0998. The lowest BCUT2D eigenvalue weighted by atomic mass is 10.1. The SMILES string of the molecule is CCOc1ccc2oc(C(=O)Nc3ccc(OC)c(S(=O)(=O)N(C)C)c3)c(C)c2c1. The zero-order chi connectivity index (χ0) is 22.1. The quantitative estimate of drug-likeness (QED) is 0.612. The minimum atomic E-state index is -3.76. The molecule has 0 saturated carbocycles.